The van der Waals surface area contributed by atoms with Crippen molar-refractivity contribution in [3.63, 3.8) is 0 Å². The number of benzene rings is 1. The molecule has 2 N–H and O–H groups in total. The molecule has 0 aliphatic rings. The summed E-state index contributed by atoms with van der Waals surface area (Å²) < 4.78 is 56.9. The second-order valence-corrected chi connectivity index (χ2v) is 11.7. The second kappa shape index (κ2) is 7.50. The molecule has 0 unspecified atom stereocenters. The van der Waals surface area contributed by atoms with Gasteiger partial charge in [-0.25, -0.2) is 21.8 Å². The minimum absolute atomic E-state index is 0.0454. The van der Waals surface area contributed by atoms with E-state index in [1.165, 1.54) is 36.5 Å². The summed E-state index contributed by atoms with van der Waals surface area (Å²) in [6.07, 6.45) is 1.34. The average Bonchev–Trinajstić information content (AvgIpc) is 3.32. The number of aryl methyl sites for hydroxylation is 1. The van der Waals surface area contributed by atoms with Crippen LogP contribution in [0.1, 0.15) is 0 Å². The first kappa shape index (κ1) is 20.5. The van der Waals surface area contributed by atoms with Crippen molar-refractivity contribution in [2.75, 3.05) is 9.44 Å². The third kappa shape index (κ3) is 3.84. The van der Waals surface area contributed by atoms with Crippen molar-refractivity contribution in [2.24, 2.45) is 7.05 Å². The van der Waals surface area contributed by atoms with Crippen molar-refractivity contribution < 1.29 is 16.8 Å². The van der Waals surface area contributed by atoms with Gasteiger partial charge in [0.25, 0.3) is 24.8 Å². The number of anilines is 2. The molecule has 3 heterocycles. The molecule has 0 radical (unpaired) electrons. The molecule has 30 heavy (non-hydrogen) atoms. The van der Waals surface area contributed by atoms with Gasteiger partial charge in [0, 0.05) is 13.2 Å². The number of aromatic nitrogens is 2. The number of sulfonamides is 2. The Morgan fingerprint density at radius 3 is 2.53 bits per heavy atom. The van der Waals surface area contributed by atoms with Gasteiger partial charge in [-0.1, -0.05) is 6.07 Å². The summed E-state index contributed by atoms with van der Waals surface area (Å²) in [7, 11) is -6.32. The minimum Gasteiger partial charge on any atom is -0.297 e. The van der Waals surface area contributed by atoms with Crippen molar-refractivity contribution >= 4 is 65.3 Å². The van der Waals surface area contributed by atoms with Crippen LogP contribution in [-0.4, -0.2) is 25.8 Å². The van der Waals surface area contributed by atoms with Gasteiger partial charge in [-0.15, -0.1) is 11.3 Å². The van der Waals surface area contributed by atoms with E-state index < -0.39 is 20.0 Å². The highest BCUT2D eigenvalue weighted by Gasteiger charge is 2.22. The zero-order valence-corrected chi connectivity index (χ0v) is 18.5. The standard InChI is InChI=1S/C17H14N4O5S4/c1-21-14-7-6-11(10-12(14)17(22)28-21)29(23,24)19-13-4-2-8-18-16(13)20-30(25,26)15-5-3-9-27-15/h2-10,19H,1H3,(H,18,20). The van der Waals surface area contributed by atoms with E-state index in [9.17, 15) is 21.6 Å². The van der Waals surface area contributed by atoms with Crippen LogP contribution < -0.4 is 14.2 Å². The van der Waals surface area contributed by atoms with Crippen molar-refractivity contribution in [2.45, 2.75) is 9.10 Å². The fourth-order valence-corrected chi connectivity index (χ4v) is 6.59. The van der Waals surface area contributed by atoms with E-state index in [1.54, 1.807) is 28.5 Å². The molecule has 0 amide bonds. The molecule has 4 aromatic rings. The zero-order valence-electron chi connectivity index (χ0n) is 15.3. The number of rotatable bonds is 6. The SMILES string of the molecule is Cn1sc(=O)c2cc(S(=O)(=O)Nc3cccnc3NS(=O)(=O)c3cccs3)ccc21. The van der Waals surface area contributed by atoms with Crippen LogP contribution in [0.3, 0.4) is 0 Å². The molecule has 0 spiro atoms. The summed E-state index contributed by atoms with van der Waals surface area (Å²) in [5.74, 6) is -0.165. The van der Waals surface area contributed by atoms with Crippen LogP contribution in [0.2, 0.25) is 0 Å². The summed E-state index contributed by atoms with van der Waals surface area (Å²) in [4.78, 5) is 15.9. The predicted molar refractivity (Wildman–Crippen MR) is 117 cm³/mol. The third-order valence-electron chi connectivity index (χ3n) is 4.10. The third-order valence-corrected chi connectivity index (χ3v) is 9.06. The second-order valence-electron chi connectivity index (χ2n) is 6.10. The number of thiophene rings is 1. The Labute approximate surface area is 179 Å². The normalized spacial score (nSPS) is 12.2. The van der Waals surface area contributed by atoms with Crippen LogP contribution in [0, 0.1) is 0 Å². The highest BCUT2D eigenvalue weighted by Crippen LogP contribution is 2.27. The molecule has 4 rings (SSSR count). The smallest absolute Gasteiger partial charge is 0.272 e. The summed E-state index contributed by atoms with van der Waals surface area (Å²) in [5, 5.41) is 1.90. The molecule has 156 valence electrons. The molecule has 0 aliphatic carbocycles. The molecular formula is C17H14N4O5S4. The number of nitrogens with one attached hydrogen (secondary N) is 2. The average molecular weight is 483 g/mol. The van der Waals surface area contributed by atoms with Crippen LogP contribution in [0.15, 0.2) is 67.9 Å². The fourth-order valence-electron chi connectivity index (χ4n) is 2.71. The fraction of sp³-hybridized carbons (Fsp3) is 0.0588. The van der Waals surface area contributed by atoms with Gasteiger partial charge in [-0.05, 0) is 53.3 Å². The van der Waals surface area contributed by atoms with Crippen LogP contribution >= 0.6 is 22.9 Å². The lowest BCUT2D eigenvalue weighted by Crippen LogP contribution is -2.18. The lowest BCUT2D eigenvalue weighted by atomic mass is 10.2. The van der Waals surface area contributed by atoms with Gasteiger partial charge in [0.2, 0.25) is 0 Å². The molecule has 13 heteroatoms. The van der Waals surface area contributed by atoms with Crippen LogP contribution in [0.5, 0.6) is 0 Å². The molecule has 0 aliphatic heterocycles. The number of fused-ring (bicyclic) bond motifs is 1. The highest BCUT2D eigenvalue weighted by atomic mass is 32.2. The van der Waals surface area contributed by atoms with Gasteiger partial charge in [0.15, 0.2) is 5.82 Å². The molecule has 1 aromatic carbocycles. The van der Waals surface area contributed by atoms with E-state index in [2.05, 4.69) is 14.4 Å². The Hall–Kier alpha value is -2.74. The summed E-state index contributed by atoms with van der Waals surface area (Å²) in [5.41, 5.74) is 0.575. The van der Waals surface area contributed by atoms with Gasteiger partial charge in [-0.2, -0.15) is 0 Å². The van der Waals surface area contributed by atoms with Gasteiger partial charge in [0.05, 0.1) is 21.5 Å². The van der Waals surface area contributed by atoms with Crippen LogP contribution in [0.4, 0.5) is 11.5 Å². The lowest BCUT2D eigenvalue weighted by molar-refractivity contribution is 0.599. The van der Waals surface area contributed by atoms with E-state index in [4.69, 9.17) is 0 Å². The Balaban J connectivity index is 1.69. The zero-order chi connectivity index (χ0) is 21.5. The minimum atomic E-state index is -4.11. The van der Waals surface area contributed by atoms with Crippen LogP contribution in [-0.2, 0) is 27.1 Å². The van der Waals surface area contributed by atoms with Gasteiger partial charge in [0.1, 0.15) is 4.21 Å². The van der Waals surface area contributed by atoms with Crippen molar-refractivity contribution in [1.29, 1.82) is 0 Å². The predicted octanol–water partition coefficient (Wildman–Crippen LogP) is 2.66. The number of nitrogens with zero attached hydrogens (tertiary/aromatic N) is 2. The van der Waals surface area contributed by atoms with E-state index in [0.29, 0.717) is 5.52 Å². The molecule has 3 aromatic heterocycles. The maximum Gasteiger partial charge on any atom is 0.272 e. The largest absolute Gasteiger partial charge is 0.297 e. The number of hydrogen-bond acceptors (Lipinski definition) is 8. The molecule has 0 bridgehead atoms. The highest BCUT2D eigenvalue weighted by molar-refractivity contribution is 7.94. The first-order valence-electron chi connectivity index (χ1n) is 8.32. The Bertz CT molecular complexity index is 1500. The molecule has 9 nitrogen and oxygen atoms in total. The molecule has 0 saturated carbocycles. The van der Waals surface area contributed by atoms with E-state index >= 15 is 0 Å². The number of hydrogen-bond donors (Lipinski definition) is 2. The van der Waals surface area contributed by atoms with Gasteiger partial charge < -0.3 is 0 Å². The van der Waals surface area contributed by atoms with Crippen molar-refractivity contribution in [1.82, 2.24) is 8.94 Å². The summed E-state index contributed by atoms with van der Waals surface area (Å²) in [6, 6.07) is 10.1. The maximum atomic E-state index is 12.9. The van der Waals surface area contributed by atoms with Crippen molar-refractivity contribution in [3.8, 4) is 0 Å². The lowest BCUT2D eigenvalue weighted by Gasteiger charge is -2.13. The molecule has 0 atom stereocenters. The maximum absolute atomic E-state index is 12.9. The van der Waals surface area contributed by atoms with Gasteiger partial charge in [-0.3, -0.25) is 18.2 Å². The van der Waals surface area contributed by atoms with Gasteiger partial charge >= 0.3 is 0 Å². The molecular weight excluding hydrogens is 468 g/mol. The monoisotopic (exact) mass is 482 g/mol. The Morgan fingerprint density at radius 2 is 1.80 bits per heavy atom. The first-order chi connectivity index (χ1) is 14.2. The molecule has 0 fully saturated rings. The number of pyridine rings is 1. The van der Waals surface area contributed by atoms with E-state index in [1.807, 2.05) is 0 Å². The molecule has 0 saturated heterocycles. The quantitative estimate of drug-likeness (QED) is 0.435. The topological polar surface area (TPSA) is 127 Å². The van der Waals surface area contributed by atoms with Crippen LogP contribution in [0.25, 0.3) is 10.9 Å². The Morgan fingerprint density at radius 1 is 1.00 bits per heavy atom. The summed E-state index contributed by atoms with van der Waals surface area (Å²) in [6.45, 7) is 0. The van der Waals surface area contributed by atoms with E-state index in [0.717, 1.165) is 22.9 Å². The Kier molecular flexibility index (Phi) is 5.13. The first-order valence-corrected chi connectivity index (χ1v) is 12.9. The van der Waals surface area contributed by atoms with E-state index in [-0.39, 0.29) is 30.7 Å². The summed E-state index contributed by atoms with van der Waals surface area (Å²) >= 11 is 2.00. The van der Waals surface area contributed by atoms with Crippen molar-refractivity contribution in [3.05, 3.63) is 63.6 Å².